The maximum Gasteiger partial charge on any atom is 0.147 e. The molecule has 96 valence electrons. The predicted octanol–water partition coefficient (Wildman–Crippen LogP) is 0.570. The van der Waals surface area contributed by atoms with Crippen LogP contribution >= 0.6 is 0 Å². The second kappa shape index (κ2) is 5.18. The zero-order valence-corrected chi connectivity index (χ0v) is 10.9. The summed E-state index contributed by atoms with van der Waals surface area (Å²) in [5.74, 6) is 0.237. The molecule has 1 heterocycles. The highest BCUT2D eigenvalue weighted by molar-refractivity contribution is 7.90. The van der Waals surface area contributed by atoms with Crippen LogP contribution in [0.1, 0.15) is 25.0 Å². The topological polar surface area (TPSA) is 64.0 Å². The second-order valence-corrected chi connectivity index (χ2v) is 7.00. The molecule has 1 saturated carbocycles. The molecule has 2 rings (SSSR count). The molecule has 1 N–H and O–H groups in total. The lowest BCUT2D eigenvalue weighted by molar-refractivity contribution is 0.591. The van der Waals surface area contributed by atoms with E-state index >= 15 is 0 Å². The molecule has 0 bridgehead atoms. The van der Waals surface area contributed by atoms with E-state index in [1.165, 1.54) is 19.1 Å². The van der Waals surface area contributed by atoms with Crippen molar-refractivity contribution in [1.82, 2.24) is 14.9 Å². The first kappa shape index (κ1) is 12.6. The van der Waals surface area contributed by atoms with Gasteiger partial charge in [-0.05, 0) is 19.3 Å². The van der Waals surface area contributed by atoms with E-state index in [1.54, 1.807) is 6.33 Å². The van der Waals surface area contributed by atoms with Gasteiger partial charge in [-0.2, -0.15) is 0 Å². The summed E-state index contributed by atoms with van der Waals surface area (Å²) in [6.07, 6.45) is 8.21. The standard InChI is InChI=1S/C11H19N3O2S/c1-17(15,16)6-2-5-14-8-11(13-9-14)7-12-10-3-4-10/h8-10,12H,2-7H2,1H3. The molecule has 0 atom stereocenters. The fraction of sp³-hybridized carbons (Fsp3) is 0.727. The van der Waals surface area contributed by atoms with E-state index in [4.69, 9.17) is 0 Å². The Morgan fingerprint density at radius 3 is 2.94 bits per heavy atom. The van der Waals surface area contributed by atoms with Crippen LogP contribution < -0.4 is 5.32 Å². The van der Waals surface area contributed by atoms with Gasteiger partial charge in [0.25, 0.3) is 0 Å². The third kappa shape index (κ3) is 4.87. The molecule has 17 heavy (non-hydrogen) atoms. The molecule has 1 aromatic heterocycles. The minimum atomic E-state index is -2.85. The van der Waals surface area contributed by atoms with Crippen LogP contribution in [0.25, 0.3) is 0 Å². The molecule has 1 aliphatic carbocycles. The van der Waals surface area contributed by atoms with Crippen molar-refractivity contribution in [2.45, 2.75) is 38.4 Å². The van der Waals surface area contributed by atoms with Gasteiger partial charge in [-0.25, -0.2) is 13.4 Å². The SMILES string of the molecule is CS(=O)(=O)CCCn1cnc(CNC2CC2)c1. The number of hydrogen-bond acceptors (Lipinski definition) is 4. The lowest BCUT2D eigenvalue weighted by Crippen LogP contribution is -2.15. The monoisotopic (exact) mass is 257 g/mol. The molecular formula is C11H19N3O2S. The Morgan fingerprint density at radius 1 is 1.53 bits per heavy atom. The van der Waals surface area contributed by atoms with E-state index in [2.05, 4.69) is 10.3 Å². The molecule has 1 aliphatic rings. The van der Waals surface area contributed by atoms with Crippen molar-refractivity contribution in [3.05, 3.63) is 18.2 Å². The van der Waals surface area contributed by atoms with Crippen molar-refractivity contribution in [1.29, 1.82) is 0 Å². The number of nitrogens with one attached hydrogen (secondary N) is 1. The highest BCUT2D eigenvalue weighted by atomic mass is 32.2. The van der Waals surface area contributed by atoms with Gasteiger partial charge >= 0.3 is 0 Å². The van der Waals surface area contributed by atoms with Crippen LogP contribution in [0.4, 0.5) is 0 Å². The van der Waals surface area contributed by atoms with Crippen molar-refractivity contribution >= 4 is 9.84 Å². The largest absolute Gasteiger partial charge is 0.337 e. The van der Waals surface area contributed by atoms with E-state index in [1.807, 2.05) is 10.8 Å². The second-order valence-electron chi connectivity index (χ2n) is 4.74. The van der Waals surface area contributed by atoms with Crippen molar-refractivity contribution < 1.29 is 8.42 Å². The average Bonchev–Trinajstić information content (AvgIpc) is 2.95. The summed E-state index contributed by atoms with van der Waals surface area (Å²) in [4.78, 5) is 4.28. The summed E-state index contributed by atoms with van der Waals surface area (Å²) in [7, 11) is -2.85. The Morgan fingerprint density at radius 2 is 2.29 bits per heavy atom. The van der Waals surface area contributed by atoms with Crippen LogP contribution in [-0.4, -0.2) is 36.0 Å². The first-order valence-corrected chi connectivity index (χ1v) is 8.01. The number of aryl methyl sites for hydroxylation is 1. The first-order valence-electron chi connectivity index (χ1n) is 5.95. The van der Waals surface area contributed by atoms with Crippen molar-refractivity contribution in [3.63, 3.8) is 0 Å². The van der Waals surface area contributed by atoms with Crippen LogP contribution in [0.5, 0.6) is 0 Å². The molecule has 0 amide bonds. The maximum atomic E-state index is 11.0. The van der Waals surface area contributed by atoms with E-state index in [-0.39, 0.29) is 5.75 Å². The van der Waals surface area contributed by atoms with Gasteiger partial charge in [-0.3, -0.25) is 0 Å². The van der Waals surface area contributed by atoms with Crippen molar-refractivity contribution in [3.8, 4) is 0 Å². The van der Waals surface area contributed by atoms with Gasteiger partial charge in [-0.15, -0.1) is 0 Å². The molecule has 0 aliphatic heterocycles. The fourth-order valence-corrected chi connectivity index (χ4v) is 2.32. The molecule has 0 aromatic carbocycles. The number of aromatic nitrogens is 2. The third-order valence-corrected chi connectivity index (χ3v) is 3.80. The Balaban J connectivity index is 1.73. The summed E-state index contributed by atoms with van der Waals surface area (Å²) < 4.78 is 23.9. The first-order chi connectivity index (χ1) is 8.03. The summed E-state index contributed by atoms with van der Waals surface area (Å²) in [6, 6.07) is 0.686. The zero-order valence-electron chi connectivity index (χ0n) is 10.1. The zero-order chi connectivity index (χ0) is 12.3. The van der Waals surface area contributed by atoms with E-state index in [9.17, 15) is 8.42 Å². The Labute approximate surface area is 102 Å². The molecule has 0 spiro atoms. The highest BCUT2D eigenvalue weighted by Gasteiger charge is 2.20. The van der Waals surface area contributed by atoms with E-state index in [0.717, 1.165) is 12.2 Å². The quantitative estimate of drug-likeness (QED) is 0.775. The maximum absolute atomic E-state index is 11.0. The predicted molar refractivity (Wildman–Crippen MR) is 66.4 cm³/mol. The molecule has 0 radical (unpaired) electrons. The minimum Gasteiger partial charge on any atom is -0.337 e. The van der Waals surface area contributed by atoms with Crippen LogP contribution in [-0.2, 0) is 22.9 Å². The van der Waals surface area contributed by atoms with Crippen LogP contribution in [0.15, 0.2) is 12.5 Å². The van der Waals surface area contributed by atoms with Crippen LogP contribution in [0, 0.1) is 0 Å². The number of sulfone groups is 1. The van der Waals surface area contributed by atoms with E-state index < -0.39 is 9.84 Å². The van der Waals surface area contributed by atoms with Gasteiger partial charge in [0.15, 0.2) is 0 Å². The van der Waals surface area contributed by atoms with Crippen LogP contribution in [0.3, 0.4) is 0 Å². The number of rotatable bonds is 7. The molecule has 1 aromatic rings. The number of hydrogen-bond donors (Lipinski definition) is 1. The molecule has 0 saturated heterocycles. The minimum absolute atomic E-state index is 0.237. The van der Waals surface area contributed by atoms with Gasteiger partial charge in [-0.1, -0.05) is 0 Å². The van der Waals surface area contributed by atoms with Crippen molar-refractivity contribution in [2.75, 3.05) is 12.0 Å². The molecule has 6 heteroatoms. The Hall–Kier alpha value is -0.880. The smallest absolute Gasteiger partial charge is 0.147 e. The van der Waals surface area contributed by atoms with Crippen LogP contribution in [0.2, 0.25) is 0 Å². The summed E-state index contributed by atoms with van der Waals surface area (Å²) in [5.41, 5.74) is 1.02. The van der Waals surface area contributed by atoms with E-state index in [0.29, 0.717) is 19.0 Å². The summed E-state index contributed by atoms with van der Waals surface area (Å²) in [6.45, 7) is 1.52. The fourth-order valence-electron chi connectivity index (χ4n) is 1.67. The lowest BCUT2D eigenvalue weighted by atomic mass is 10.4. The Bertz CT molecular complexity index is 463. The van der Waals surface area contributed by atoms with Gasteiger partial charge in [0, 0.05) is 31.6 Å². The number of imidazole rings is 1. The van der Waals surface area contributed by atoms with Crippen molar-refractivity contribution in [2.24, 2.45) is 0 Å². The molecule has 5 nitrogen and oxygen atoms in total. The average molecular weight is 257 g/mol. The normalized spacial score (nSPS) is 16.3. The van der Waals surface area contributed by atoms with Gasteiger partial charge < -0.3 is 9.88 Å². The van der Waals surface area contributed by atoms with Gasteiger partial charge in [0.2, 0.25) is 0 Å². The summed E-state index contributed by atoms with van der Waals surface area (Å²) >= 11 is 0. The molecule has 0 unspecified atom stereocenters. The number of nitrogens with zero attached hydrogens (tertiary/aromatic N) is 2. The third-order valence-electron chi connectivity index (χ3n) is 2.77. The highest BCUT2D eigenvalue weighted by Crippen LogP contribution is 2.18. The summed E-state index contributed by atoms with van der Waals surface area (Å²) in [5, 5.41) is 3.39. The lowest BCUT2D eigenvalue weighted by Gasteiger charge is -2.01. The molecular weight excluding hydrogens is 238 g/mol. The van der Waals surface area contributed by atoms with Gasteiger partial charge in [0.05, 0.1) is 17.8 Å². The Kier molecular flexibility index (Phi) is 3.83. The molecule has 1 fully saturated rings. The van der Waals surface area contributed by atoms with Gasteiger partial charge in [0.1, 0.15) is 9.84 Å².